The molecule has 0 radical (unpaired) electrons. The lowest BCUT2D eigenvalue weighted by molar-refractivity contribution is 0.402. The van der Waals surface area contributed by atoms with Gasteiger partial charge >= 0.3 is 0 Å². The fourth-order valence-electron chi connectivity index (χ4n) is 1.10. The molecule has 9 heavy (non-hydrogen) atoms. The Kier molecular flexibility index (Phi) is 2.90. The highest BCUT2D eigenvalue weighted by atomic mass is 31.2. The van der Waals surface area contributed by atoms with Gasteiger partial charge in [0.2, 0.25) is 0 Å². The molecule has 0 N–H and O–H groups in total. The van der Waals surface area contributed by atoms with E-state index in [9.17, 15) is 0 Å². The van der Waals surface area contributed by atoms with E-state index in [1.54, 1.807) is 7.11 Å². The Morgan fingerprint density at radius 2 is 1.89 bits per heavy atom. The predicted molar refractivity (Wildman–Crippen MR) is 40.7 cm³/mol. The van der Waals surface area contributed by atoms with Gasteiger partial charge in [0.05, 0.1) is 0 Å². The van der Waals surface area contributed by atoms with E-state index in [2.05, 4.69) is 11.3 Å². The SMILES string of the molecule is COP(C)N1CCCC1. The van der Waals surface area contributed by atoms with Gasteiger partial charge in [-0.25, -0.2) is 0 Å². The molecule has 1 saturated heterocycles. The van der Waals surface area contributed by atoms with Crippen molar-refractivity contribution in [3.8, 4) is 0 Å². The van der Waals surface area contributed by atoms with E-state index < -0.39 is 0 Å². The van der Waals surface area contributed by atoms with Gasteiger partial charge in [-0.05, 0) is 19.5 Å². The van der Waals surface area contributed by atoms with Crippen LogP contribution in [0.25, 0.3) is 0 Å². The third kappa shape index (κ3) is 1.89. The van der Waals surface area contributed by atoms with Gasteiger partial charge in [0.1, 0.15) is 8.30 Å². The molecule has 1 rings (SSSR count). The van der Waals surface area contributed by atoms with Crippen LogP contribution in [0.5, 0.6) is 0 Å². The molecule has 0 aromatic heterocycles. The number of nitrogens with zero attached hydrogens (tertiary/aromatic N) is 1. The molecule has 2 nitrogen and oxygen atoms in total. The second kappa shape index (κ2) is 3.50. The van der Waals surface area contributed by atoms with Gasteiger partial charge in [0.25, 0.3) is 0 Å². The minimum atomic E-state index is -0.246. The lowest BCUT2D eigenvalue weighted by Gasteiger charge is -2.20. The van der Waals surface area contributed by atoms with Crippen LogP contribution in [0.15, 0.2) is 0 Å². The molecule has 1 fully saturated rings. The van der Waals surface area contributed by atoms with Crippen molar-refractivity contribution < 1.29 is 4.52 Å². The van der Waals surface area contributed by atoms with Gasteiger partial charge in [-0.3, -0.25) is 4.67 Å². The van der Waals surface area contributed by atoms with E-state index in [0.29, 0.717) is 0 Å². The Balaban J connectivity index is 2.24. The van der Waals surface area contributed by atoms with E-state index >= 15 is 0 Å². The summed E-state index contributed by atoms with van der Waals surface area (Å²) in [7, 11) is 1.55. The zero-order valence-electron chi connectivity index (χ0n) is 6.13. The van der Waals surface area contributed by atoms with Crippen LogP contribution in [0.3, 0.4) is 0 Å². The smallest absolute Gasteiger partial charge is 0.100 e. The van der Waals surface area contributed by atoms with Gasteiger partial charge in [-0.1, -0.05) is 0 Å². The number of rotatable bonds is 2. The molecule has 0 aliphatic carbocycles. The molecule has 3 heteroatoms. The molecular formula is C6H14NOP. The Bertz CT molecular complexity index is 83.1. The molecule has 54 valence electrons. The van der Waals surface area contributed by atoms with Crippen LogP contribution < -0.4 is 0 Å². The van der Waals surface area contributed by atoms with Crippen molar-refractivity contribution in [2.45, 2.75) is 12.8 Å². The Labute approximate surface area is 58.1 Å². The summed E-state index contributed by atoms with van der Waals surface area (Å²) < 4.78 is 7.65. The van der Waals surface area contributed by atoms with Crippen molar-refractivity contribution in [3.63, 3.8) is 0 Å². The predicted octanol–water partition coefficient (Wildman–Crippen LogP) is 1.67. The fourth-order valence-corrected chi connectivity index (χ4v) is 2.17. The summed E-state index contributed by atoms with van der Waals surface area (Å²) in [4.78, 5) is 0. The summed E-state index contributed by atoms with van der Waals surface area (Å²) in [6, 6.07) is 0. The van der Waals surface area contributed by atoms with Crippen LogP contribution in [0.4, 0.5) is 0 Å². The van der Waals surface area contributed by atoms with Crippen LogP contribution in [-0.2, 0) is 4.52 Å². The molecule has 0 bridgehead atoms. The molecule has 1 unspecified atom stereocenters. The largest absolute Gasteiger partial charge is 0.347 e. The average Bonchev–Trinajstić information content (AvgIpc) is 2.37. The maximum atomic E-state index is 5.22. The van der Waals surface area contributed by atoms with Crippen LogP contribution in [0.1, 0.15) is 12.8 Å². The first-order valence-corrected chi connectivity index (χ1v) is 5.03. The van der Waals surface area contributed by atoms with Gasteiger partial charge < -0.3 is 4.52 Å². The topological polar surface area (TPSA) is 12.5 Å². The molecule has 0 aromatic carbocycles. The molecule has 0 aromatic rings. The molecular weight excluding hydrogens is 133 g/mol. The van der Waals surface area contributed by atoms with Crippen molar-refractivity contribution in [1.82, 2.24) is 4.67 Å². The van der Waals surface area contributed by atoms with Crippen molar-refractivity contribution in [2.24, 2.45) is 0 Å². The van der Waals surface area contributed by atoms with Crippen molar-refractivity contribution >= 4 is 8.30 Å². The lowest BCUT2D eigenvalue weighted by Crippen LogP contribution is -2.12. The van der Waals surface area contributed by atoms with Crippen molar-refractivity contribution in [3.05, 3.63) is 0 Å². The van der Waals surface area contributed by atoms with Gasteiger partial charge in [-0.15, -0.1) is 0 Å². The minimum absolute atomic E-state index is 0.246. The summed E-state index contributed by atoms with van der Waals surface area (Å²) in [5.41, 5.74) is 0. The Hall–Kier alpha value is 0.350. The summed E-state index contributed by atoms with van der Waals surface area (Å²) in [5, 5.41) is 0. The normalized spacial score (nSPS) is 24.7. The van der Waals surface area contributed by atoms with Gasteiger partial charge in [0, 0.05) is 20.2 Å². The molecule has 1 heterocycles. The number of hydrogen-bond donors (Lipinski definition) is 0. The molecule has 0 saturated carbocycles. The van der Waals surface area contributed by atoms with Crippen LogP contribution in [0.2, 0.25) is 0 Å². The van der Waals surface area contributed by atoms with Crippen LogP contribution >= 0.6 is 8.30 Å². The first-order chi connectivity index (χ1) is 4.34. The third-order valence-electron chi connectivity index (χ3n) is 1.74. The summed E-state index contributed by atoms with van der Waals surface area (Å²) in [6.07, 6.45) is 2.71. The highest BCUT2D eigenvalue weighted by molar-refractivity contribution is 7.49. The zero-order chi connectivity index (χ0) is 6.69. The monoisotopic (exact) mass is 147 g/mol. The Morgan fingerprint density at radius 3 is 2.33 bits per heavy atom. The van der Waals surface area contributed by atoms with E-state index in [0.717, 1.165) is 0 Å². The van der Waals surface area contributed by atoms with Crippen LogP contribution in [0, 0.1) is 0 Å². The van der Waals surface area contributed by atoms with E-state index in [1.165, 1.54) is 25.9 Å². The summed E-state index contributed by atoms with van der Waals surface area (Å²) in [5.74, 6) is 0. The minimum Gasteiger partial charge on any atom is -0.347 e. The summed E-state index contributed by atoms with van der Waals surface area (Å²) >= 11 is 0. The Morgan fingerprint density at radius 1 is 1.33 bits per heavy atom. The quantitative estimate of drug-likeness (QED) is 0.551. The highest BCUT2D eigenvalue weighted by Gasteiger charge is 2.16. The summed E-state index contributed by atoms with van der Waals surface area (Å²) in [6.45, 7) is 4.66. The van der Waals surface area contributed by atoms with Crippen LogP contribution in [-0.4, -0.2) is 31.5 Å². The first kappa shape index (κ1) is 7.46. The first-order valence-electron chi connectivity index (χ1n) is 3.37. The van der Waals surface area contributed by atoms with Crippen molar-refractivity contribution in [2.75, 3.05) is 26.9 Å². The standard InChI is InChI=1S/C6H14NOP/c1-8-9(2)7-5-3-4-6-7/h3-6H2,1-2H3. The van der Waals surface area contributed by atoms with Gasteiger partial charge in [-0.2, -0.15) is 0 Å². The van der Waals surface area contributed by atoms with Crippen molar-refractivity contribution in [1.29, 1.82) is 0 Å². The number of hydrogen-bond acceptors (Lipinski definition) is 2. The maximum Gasteiger partial charge on any atom is 0.100 e. The second-order valence-electron chi connectivity index (χ2n) is 2.31. The van der Waals surface area contributed by atoms with E-state index in [1.807, 2.05) is 0 Å². The molecule has 0 amide bonds. The molecule has 1 atom stereocenters. The van der Waals surface area contributed by atoms with E-state index in [-0.39, 0.29) is 8.30 Å². The zero-order valence-corrected chi connectivity index (χ0v) is 7.03. The van der Waals surface area contributed by atoms with E-state index in [4.69, 9.17) is 4.52 Å². The highest BCUT2D eigenvalue weighted by Crippen LogP contribution is 2.38. The molecule has 1 aliphatic rings. The molecule has 0 spiro atoms. The van der Waals surface area contributed by atoms with Gasteiger partial charge in [0.15, 0.2) is 0 Å². The second-order valence-corrected chi connectivity index (χ2v) is 4.17. The third-order valence-corrected chi connectivity index (χ3v) is 3.47. The fraction of sp³-hybridized carbons (Fsp3) is 1.00. The maximum absolute atomic E-state index is 5.22. The molecule has 1 aliphatic heterocycles. The lowest BCUT2D eigenvalue weighted by atomic mass is 10.4. The average molecular weight is 147 g/mol.